The molecule has 0 spiro atoms. The first kappa shape index (κ1) is 13.4. The van der Waals surface area contributed by atoms with Gasteiger partial charge in [0.25, 0.3) is 5.91 Å². The van der Waals surface area contributed by atoms with Crippen molar-refractivity contribution in [2.75, 3.05) is 36.8 Å². The third-order valence-corrected chi connectivity index (χ3v) is 3.72. The van der Waals surface area contributed by atoms with Gasteiger partial charge < -0.3 is 15.5 Å². The molecule has 1 aliphatic heterocycles. The Morgan fingerprint density at radius 1 is 1.24 bits per heavy atom. The monoisotopic (exact) mass is 286 g/mol. The fraction of sp³-hybridized carbons (Fsp3) is 0.357. The van der Waals surface area contributed by atoms with Crippen molar-refractivity contribution in [3.63, 3.8) is 0 Å². The molecule has 3 heterocycles. The smallest absolute Gasteiger partial charge is 0.257 e. The van der Waals surface area contributed by atoms with Crippen LogP contribution in [0.2, 0.25) is 0 Å². The molecule has 2 aromatic rings. The number of H-pyrrole nitrogens is 1. The van der Waals surface area contributed by atoms with Crippen LogP contribution in [-0.4, -0.2) is 52.2 Å². The van der Waals surface area contributed by atoms with Crippen LogP contribution < -0.4 is 10.6 Å². The number of aromatic nitrogens is 3. The molecule has 7 nitrogen and oxygen atoms in total. The largest absolute Gasteiger partial charge is 0.397 e. The molecule has 2 aromatic heterocycles. The van der Waals surface area contributed by atoms with Crippen LogP contribution >= 0.6 is 0 Å². The van der Waals surface area contributed by atoms with Crippen LogP contribution in [0.3, 0.4) is 0 Å². The Bertz CT molecular complexity index is 627. The standard InChI is InChI=1S/C14H18N6O/c1-10-12(9-17-18-10)14(21)20-6-4-19(5-7-20)13-3-2-11(15)8-16-13/h2-3,8-9H,4-7,15H2,1H3,(H,17,18). The maximum absolute atomic E-state index is 12.4. The molecule has 7 heteroatoms. The zero-order valence-corrected chi connectivity index (χ0v) is 11.9. The van der Waals surface area contributed by atoms with Crippen molar-refractivity contribution in [1.82, 2.24) is 20.1 Å². The number of aryl methyl sites for hydroxylation is 1. The number of carbonyl (C=O) groups is 1. The number of hydrogen-bond donors (Lipinski definition) is 2. The molecular weight excluding hydrogens is 268 g/mol. The maximum atomic E-state index is 12.4. The molecular formula is C14H18N6O. The van der Waals surface area contributed by atoms with E-state index in [1.165, 1.54) is 0 Å². The second-order valence-electron chi connectivity index (χ2n) is 5.14. The van der Waals surface area contributed by atoms with Crippen molar-refractivity contribution in [3.05, 3.63) is 35.8 Å². The lowest BCUT2D eigenvalue weighted by molar-refractivity contribution is 0.0746. The van der Waals surface area contributed by atoms with Crippen molar-refractivity contribution in [2.45, 2.75) is 6.92 Å². The number of nitrogens with two attached hydrogens (primary N) is 1. The number of rotatable bonds is 2. The highest BCUT2D eigenvalue weighted by Crippen LogP contribution is 2.16. The summed E-state index contributed by atoms with van der Waals surface area (Å²) in [6.45, 7) is 4.74. The first-order chi connectivity index (χ1) is 10.1. The van der Waals surface area contributed by atoms with Gasteiger partial charge in [0.15, 0.2) is 0 Å². The number of carbonyl (C=O) groups excluding carboxylic acids is 1. The van der Waals surface area contributed by atoms with E-state index in [-0.39, 0.29) is 5.91 Å². The Balaban J connectivity index is 1.64. The average Bonchev–Trinajstić information content (AvgIpc) is 2.94. The van der Waals surface area contributed by atoms with Crippen LogP contribution in [0.1, 0.15) is 16.1 Å². The number of anilines is 2. The van der Waals surface area contributed by atoms with Gasteiger partial charge in [-0.3, -0.25) is 9.89 Å². The molecule has 0 bridgehead atoms. The van der Waals surface area contributed by atoms with E-state index >= 15 is 0 Å². The van der Waals surface area contributed by atoms with Gasteiger partial charge in [-0.15, -0.1) is 0 Å². The van der Waals surface area contributed by atoms with Gasteiger partial charge in [0.05, 0.1) is 23.6 Å². The van der Waals surface area contributed by atoms with Crippen molar-refractivity contribution in [3.8, 4) is 0 Å². The molecule has 0 radical (unpaired) electrons. The number of aromatic amines is 1. The summed E-state index contributed by atoms with van der Waals surface area (Å²) in [4.78, 5) is 20.7. The highest BCUT2D eigenvalue weighted by atomic mass is 16.2. The SMILES string of the molecule is Cc1[nH]ncc1C(=O)N1CCN(c2ccc(N)cn2)CC1. The van der Waals surface area contributed by atoms with E-state index < -0.39 is 0 Å². The molecule has 0 aliphatic carbocycles. The van der Waals surface area contributed by atoms with Gasteiger partial charge in [-0.1, -0.05) is 0 Å². The summed E-state index contributed by atoms with van der Waals surface area (Å²) in [5, 5.41) is 6.70. The minimum absolute atomic E-state index is 0.0335. The van der Waals surface area contributed by atoms with E-state index in [1.54, 1.807) is 12.4 Å². The third-order valence-electron chi connectivity index (χ3n) is 3.72. The molecule has 1 saturated heterocycles. The van der Waals surface area contributed by atoms with Crippen molar-refractivity contribution in [2.24, 2.45) is 0 Å². The first-order valence-corrected chi connectivity index (χ1v) is 6.91. The molecule has 0 atom stereocenters. The van der Waals surface area contributed by atoms with Crippen LogP contribution in [0, 0.1) is 6.92 Å². The van der Waals surface area contributed by atoms with E-state index in [2.05, 4.69) is 20.1 Å². The van der Waals surface area contributed by atoms with E-state index in [9.17, 15) is 4.79 Å². The maximum Gasteiger partial charge on any atom is 0.257 e. The fourth-order valence-electron chi connectivity index (χ4n) is 2.46. The molecule has 21 heavy (non-hydrogen) atoms. The van der Waals surface area contributed by atoms with E-state index in [4.69, 9.17) is 5.73 Å². The second-order valence-corrected chi connectivity index (χ2v) is 5.14. The van der Waals surface area contributed by atoms with Crippen molar-refractivity contribution >= 4 is 17.4 Å². The molecule has 1 fully saturated rings. The number of nitrogens with one attached hydrogen (secondary N) is 1. The number of nitrogens with zero attached hydrogens (tertiary/aromatic N) is 4. The van der Waals surface area contributed by atoms with Crippen LogP contribution in [-0.2, 0) is 0 Å². The van der Waals surface area contributed by atoms with Crippen LogP contribution in [0.4, 0.5) is 11.5 Å². The Kier molecular flexibility index (Phi) is 3.47. The lowest BCUT2D eigenvalue weighted by Gasteiger charge is -2.35. The lowest BCUT2D eigenvalue weighted by atomic mass is 10.2. The van der Waals surface area contributed by atoms with Gasteiger partial charge in [0.1, 0.15) is 5.82 Å². The summed E-state index contributed by atoms with van der Waals surface area (Å²) in [5.74, 6) is 0.932. The van der Waals surface area contributed by atoms with E-state index in [1.807, 2.05) is 24.0 Å². The number of nitrogen functional groups attached to an aromatic ring is 1. The number of piperazine rings is 1. The zero-order valence-electron chi connectivity index (χ0n) is 11.9. The van der Waals surface area contributed by atoms with Crippen molar-refractivity contribution in [1.29, 1.82) is 0 Å². The summed E-state index contributed by atoms with van der Waals surface area (Å²) < 4.78 is 0. The molecule has 3 rings (SSSR count). The average molecular weight is 286 g/mol. The van der Waals surface area contributed by atoms with Gasteiger partial charge in [0, 0.05) is 31.9 Å². The summed E-state index contributed by atoms with van der Waals surface area (Å²) >= 11 is 0. The Labute approximate surface area is 122 Å². The van der Waals surface area contributed by atoms with E-state index in [0.717, 1.165) is 24.6 Å². The Hall–Kier alpha value is -2.57. The molecule has 110 valence electrons. The van der Waals surface area contributed by atoms with Gasteiger partial charge in [-0.2, -0.15) is 5.10 Å². The fourth-order valence-corrected chi connectivity index (χ4v) is 2.46. The van der Waals surface area contributed by atoms with Gasteiger partial charge in [-0.25, -0.2) is 4.98 Å². The highest BCUT2D eigenvalue weighted by Gasteiger charge is 2.24. The van der Waals surface area contributed by atoms with Crippen LogP contribution in [0.25, 0.3) is 0 Å². The van der Waals surface area contributed by atoms with Crippen molar-refractivity contribution < 1.29 is 4.79 Å². The highest BCUT2D eigenvalue weighted by molar-refractivity contribution is 5.95. The molecule has 0 unspecified atom stereocenters. The predicted octanol–water partition coefficient (Wildman–Crippen LogP) is 0.658. The minimum atomic E-state index is 0.0335. The molecule has 1 amide bonds. The topological polar surface area (TPSA) is 91.1 Å². The normalized spacial score (nSPS) is 15.3. The summed E-state index contributed by atoms with van der Waals surface area (Å²) in [5.41, 5.74) is 7.75. The third kappa shape index (κ3) is 2.67. The summed E-state index contributed by atoms with van der Waals surface area (Å²) in [6.07, 6.45) is 3.24. The van der Waals surface area contributed by atoms with Gasteiger partial charge in [-0.05, 0) is 19.1 Å². The molecule has 0 saturated carbocycles. The molecule has 0 aromatic carbocycles. The first-order valence-electron chi connectivity index (χ1n) is 6.91. The summed E-state index contributed by atoms with van der Waals surface area (Å²) in [7, 11) is 0. The number of hydrogen-bond acceptors (Lipinski definition) is 5. The lowest BCUT2D eigenvalue weighted by Crippen LogP contribution is -2.49. The molecule has 1 aliphatic rings. The zero-order chi connectivity index (χ0) is 14.8. The Morgan fingerprint density at radius 3 is 2.57 bits per heavy atom. The Morgan fingerprint density at radius 2 is 2.00 bits per heavy atom. The number of amides is 1. The molecule has 3 N–H and O–H groups in total. The minimum Gasteiger partial charge on any atom is -0.397 e. The van der Waals surface area contributed by atoms with Crippen LogP contribution in [0.5, 0.6) is 0 Å². The second kappa shape index (κ2) is 5.43. The quantitative estimate of drug-likeness (QED) is 0.846. The van der Waals surface area contributed by atoms with Gasteiger partial charge in [0.2, 0.25) is 0 Å². The predicted molar refractivity (Wildman–Crippen MR) is 80.1 cm³/mol. The number of pyridine rings is 1. The van der Waals surface area contributed by atoms with Crippen LogP contribution in [0.15, 0.2) is 24.5 Å². The summed E-state index contributed by atoms with van der Waals surface area (Å²) in [6, 6.07) is 3.75. The van der Waals surface area contributed by atoms with E-state index in [0.29, 0.717) is 24.3 Å². The van der Waals surface area contributed by atoms with Gasteiger partial charge >= 0.3 is 0 Å².